The second kappa shape index (κ2) is 12.5. The summed E-state index contributed by atoms with van der Waals surface area (Å²) in [7, 11) is 0. The molecule has 0 aliphatic rings. The van der Waals surface area contributed by atoms with E-state index in [9.17, 15) is 9.60 Å². The standard InChI is InChI=1S/C54H35N3/c1-3-18-36(19-4-1)38-26-15-27-39(37-20-5-2-6-21-37)53(38)56-48-32-14-10-25-44(48)52-49(56)33-17-34-50(52)57-47-31-13-9-24-42(47)43-28-16-35-51(54(43)57)55-45-29-11-7-22-40(45)41-23-8-12-30-46(41)55/h1-35H/i1D,2D,3D,4D,5D,6D,15D,18D,19D,20D,21D,26D,27D. The molecule has 266 valence electrons. The van der Waals surface area contributed by atoms with Crippen molar-refractivity contribution >= 4 is 65.4 Å². The Kier molecular flexibility index (Phi) is 4.69. The second-order valence-electron chi connectivity index (χ2n) is 13.9. The Bertz CT molecular complexity index is 4090. The largest absolute Gasteiger partial charge is 0.308 e. The highest BCUT2D eigenvalue weighted by molar-refractivity contribution is 6.19. The lowest BCUT2D eigenvalue weighted by Gasteiger charge is -2.19. The van der Waals surface area contributed by atoms with Gasteiger partial charge in [-0.25, -0.2) is 0 Å². The van der Waals surface area contributed by atoms with Gasteiger partial charge >= 0.3 is 0 Å². The van der Waals surface area contributed by atoms with E-state index < -0.39 is 89.7 Å². The molecule has 0 radical (unpaired) electrons. The predicted molar refractivity (Wildman–Crippen MR) is 240 cm³/mol. The van der Waals surface area contributed by atoms with Crippen LogP contribution in [0.5, 0.6) is 0 Å². The fraction of sp³-hybridized carbons (Fsp3) is 0. The van der Waals surface area contributed by atoms with Crippen LogP contribution in [0.2, 0.25) is 0 Å². The van der Waals surface area contributed by atoms with E-state index in [0.29, 0.717) is 21.8 Å². The molecule has 0 unspecified atom stereocenters. The molecule has 0 atom stereocenters. The van der Waals surface area contributed by atoms with E-state index in [1.807, 2.05) is 66.7 Å². The van der Waals surface area contributed by atoms with Crippen LogP contribution >= 0.6 is 0 Å². The average Bonchev–Trinajstić information content (AvgIpc) is 4.03. The van der Waals surface area contributed by atoms with Crippen LogP contribution in [0, 0.1) is 0 Å². The van der Waals surface area contributed by atoms with Gasteiger partial charge in [0.2, 0.25) is 0 Å². The van der Waals surface area contributed by atoms with Crippen LogP contribution in [0.3, 0.4) is 0 Å². The maximum atomic E-state index is 9.59. The maximum absolute atomic E-state index is 9.59. The topological polar surface area (TPSA) is 14.8 Å². The van der Waals surface area contributed by atoms with Crippen molar-refractivity contribution in [2.75, 3.05) is 0 Å². The van der Waals surface area contributed by atoms with Crippen LogP contribution < -0.4 is 0 Å². The smallest absolute Gasteiger partial charge is 0.0782 e. The van der Waals surface area contributed by atoms with Gasteiger partial charge in [-0.3, -0.25) is 0 Å². The first-order valence-electron chi connectivity index (χ1n) is 25.1. The molecule has 0 aliphatic carbocycles. The molecule has 57 heavy (non-hydrogen) atoms. The van der Waals surface area contributed by atoms with Crippen LogP contribution in [0.4, 0.5) is 0 Å². The summed E-state index contributed by atoms with van der Waals surface area (Å²) < 4.78 is 123. The molecule has 0 spiro atoms. The molecule has 0 fully saturated rings. The van der Waals surface area contributed by atoms with E-state index in [-0.39, 0.29) is 16.8 Å². The molecule has 9 aromatic carbocycles. The Balaban J connectivity index is 1.30. The first-order chi connectivity index (χ1) is 33.7. The molecular formula is C54H35N3. The fourth-order valence-corrected chi connectivity index (χ4v) is 8.78. The number of benzene rings is 9. The third-order valence-corrected chi connectivity index (χ3v) is 11.0. The second-order valence-corrected chi connectivity index (χ2v) is 13.9. The number of hydrogen-bond donors (Lipinski definition) is 0. The van der Waals surface area contributed by atoms with E-state index in [0.717, 1.165) is 55.0 Å². The van der Waals surface area contributed by atoms with Crippen molar-refractivity contribution in [3.63, 3.8) is 0 Å². The van der Waals surface area contributed by atoms with Gasteiger partial charge in [-0.05, 0) is 53.6 Å². The van der Waals surface area contributed by atoms with Crippen LogP contribution in [0.15, 0.2) is 212 Å². The van der Waals surface area contributed by atoms with E-state index >= 15 is 0 Å². The molecule has 0 saturated carbocycles. The lowest BCUT2D eigenvalue weighted by molar-refractivity contribution is 1.14. The molecule has 0 aliphatic heterocycles. The predicted octanol–water partition coefficient (Wildman–Crippen LogP) is 14.3. The third kappa shape index (κ3) is 4.60. The summed E-state index contributed by atoms with van der Waals surface area (Å²) in [4.78, 5) is 0. The summed E-state index contributed by atoms with van der Waals surface area (Å²) in [6.45, 7) is 0. The minimum Gasteiger partial charge on any atom is -0.308 e. The summed E-state index contributed by atoms with van der Waals surface area (Å²) in [6.07, 6.45) is 0. The van der Waals surface area contributed by atoms with Crippen molar-refractivity contribution in [3.05, 3.63) is 212 Å². The Morgan fingerprint density at radius 3 is 1.35 bits per heavy atom. The maximum Gasteiger partial charge on any atom is 0.0782 e. The van der Waals surface area contributed by atoms with Crippen molar-refractivity contribution < 1.29 is 17.8 Å². The van der Waals surface area contributed by atoms with E-state index in [4.69, 9.17) is 8.22 Å². The van der Waals surface area contributed by atoms with Crippen LogP contribution in [0.25, 0.3) is 105 Å². The van der Waals surface area contributed by atoms with Crippen molar-refractivity contribution in [3.8, 4) is 39.3 Å². The fourth-order valence-electron chi connectivity index (χ4n) is 8.78. The highest BCUT2D eigenvalue weighted by atomic mass is 15.1. The van der Waals surface area contributed by atoms with E-state index in [2.05, 4.69) is 63.7 Å². The normalized spacial score (nSPS) is 15.1. The Hall–Kier alpha value is -7.62. The van der Waals surface area contributed by atoms with Crippen LogP contribution in [0.1, 0.15) is 17.8 Å². The van der Waals surface area contributed by atoms with Crippen molar-refractivity contribution in [2.45, 2.75) is 0 Å². The van der Waals surface area contributed by atoms with Crippen LogP contribution in [-0.4, -0.2) is 13.7 Å². The van der Waals surface area contributed by atoms with Gasteiger partial charge in [0.1, 0.15) is 0 Å². The summed E-state index contributed by atoms with van der Waals surface area (Å²) in [5.41, 5.74) is 4.58. The average molecular weight is 739 g/mol. The highest BCUT2D eigenvalue weighted by Crippen LogP contribution is 2.45. The molecule has 3 aromatic heterocycles. The quantitative estimate of drug-likeness (QED) is 0.167. The first kappa shape index (κ1) is 21.5. The van der Waals surface area contributed by atoms with Gasteiger partial charge in [0, 0.05) is 43.4 Å². The summed E-state index contributed by atoms with van der Waals surface area (Å²) in [5.74, 6) is 0. The first-order valence-corrected chi connectivity index (χ1v) is 18.6. The van der Waals surface area contributed by atoms with Crippen molar-refractivity contribution in [1.82, 2.24) is 13.7 Å². The third-order valence-electron chi connectivity index (χ3n) is 11.0. The number of nitrogens with zero attached hydrogens (tertiary/aromatic N) is 3. The van der Waals surface area contributed by atoms with Gasteiger partial charge < -0.3 is 13.7 Å². The summed E-state index contributed by atoms with van der Waals surface area (Å²) in [6, 6.07) is 35.0. The monoisotopic (exact) mass is 738 g/mol. The molecule has 0 N–H and O–H groups in total. The molecule has 3 heterocycles. The zero-order chi connectivity index (χ0) is 48.8. The molecule has 0 amide bonds. The number of rotatable bonds is 5. The molecule has 3 heteroatoms. The van der Waals surface area contributed by atoms with Gasteiger partial charge in [0.05, 0.1) is 68.0 Å². The van der Waals surface area contributed by atoms with E-state index in [1.165, 1.54) is 0 Å². The van der Waals surface area contributed by atoms with Gasteiger partial charge in [-0.1, -0.05) is 170 Å². The lowest BCUT2D eigenvalue weighted by Crippen LogP contribution is -2.02. The summed E-state index contributed by atoms with van der Waals surface area (Å²) >= 11 is 0. The summed E-state index contributed by atoms with van der Waals surface area (Å²) in [5, 5.41) is 5.48. The SMILES string of the molecule is [2H]c1c([2H])c([2H])c(-c2c([2H])c([2H])c([2H])c(-c3c([2H])c([2H])c([2H])c([2H])c3[2H])c2-n2c3ccccc3c3c(-n4c5ccccc5c5cccc(-n6c7ccccc7c7ccccc76)c54)cccc32)c([2H])c1[2H]. The molecule has 0 saturated heterocycles. The van der Waals surface area contributed by atoms with Gasteiger partial charge in [-0.2, -0.15) is 0 Å². The molecular weight excluding hydrogens is 691 g/mol. The molecule has 0 bridgehead atoms. The molecule has 3 nitrogen and oxygen atoms in total. The number of aromatic nitrogens is 3. The number of para-hydroxylation sites is 6. The zero-order valence-corrected chi connectivity index (χ0v) is 30.0. The van der Waals surface area contributed by atoms with Crippen LogP contribution in [-0.2, 0) is 0 Å². The lowest BCUT2D eigenvalue weighted by atomic mass is 9.95. The number of fused-ring (bicyclic) bond motifs is 9. The molecule has 12 aromatic rings. The van der Waals surface area contributed by atoms with Gasteiger partial charge in [0.15, 0.2) is 0 Å². The van der Waals surface area contributed by atoms with E-state index in [1.54, 1.807) is 16.7 Å². The van der Waals surface area contributed by atoms with Gasteiger partial charge in [-0.15, -0.1) is 0 Å². The van der Waals surface area contributed by atoms with Crippen molar-refractivity contribution in [2.24, 2.45) is 0 Å². The zero-order valence-electron chi connectivity index (χ0n) is 43.0. The minimum atomic E-state index is -0.739. The van der Waals surface area contributed by atoms with Crippen molar-refractivity contribution in [1.29, 1.82) is 0 Å². The Morgan fingerprint density at radius 2 is 0.754 bits per heavy atom. The van der Waals surface area contributed by atoms with Gasteiger partial charge in [0.25, 0.3) is 0 Å². The highest BCUT2D eigenvalue weighted by Gasteiger charge is 2.25. The Labute approximate surface area is 347 Å². The minimum absolute atomic E-state index is 0.167. The number of hydrogen-bond acceptors (Lipinski definition) is 0. The molecule has 12 rings (SSSR count). The Morgan fingerprint density at radius 1 is 0.316 bits per heavy atom.